The molecule has 1 amide bonds. The Bertz CT molecular complexity index is 601. The lowest BCUT2D eigenvalue weighted by molar-refractivity contribution is -0.123. The van der Waals surface area contributed by atoms with Gasteiger partial charge in [0.2, 0.25) is 5.91 Å². The molecule has 2 atom stereocenters. The van der Waals surface area contributed by atoms with Crippen LogP contribution in [0.2, 0.25) is 0 Å². The average molecular weight is 286 g/mol. The minimum Gasteiger partial charge on any atom is -0.348 e. The Balaban J connectivity index is 1.94. The predicted molar refractivity (Wildman–Crippen MR) is 81.1 cm³/mol. The molecule has 0 aliphatic carbocycles. The molecule has 2 aromatic carbocycles. The topological polar surface area (TPSA) is 55.1 Å². The molecule has 0 radical (unpaired) electrons. The first kappa shape index (κ1) is 15.2. The summed E-state index contributed by atoms with van der Waals surface area (Å²) in [5.74, 6) is -0.558. The molecule has 110 valence electrons. The Labute approximate surface area is 124 Å². The standard InChI is InChI=1S/C17H19FN2O/c1-12(14-8-5-9-15(18)11-14)20-17(21)16(19)10-13-6-3-2-4-7-13/h2-9,11-12,16H,10,19H2,1H3,(H,20,21)/t12?,16-/m0/s1. The van der Waals surface area contributed by atoms with Gasteiger partial charge in [-0.15, -0.1) is 0 Å². The summed E-state index contributed by atoms with van der Waals surface area (Å²) >= 11 is 0. The number of hydrogen-bond acceptors (Lipinski definition) is 2. The maximum atomic E-state index is 13.2. The third-order valence-corrected chi connectivity index (χ3v) is 3.34. The highest BCUT2D eigenvalue weighted by Crippen LogP contribution is 2.13. The summed E-state index contributed by atoms with van der Waals surface area (Å²) in [4.78, 5) is 12.1. The first-order valence-corrected chi connectivity index (χ1v) is 6.91. The van der Waals surface area contributed by atoms with Crippen LogP contribution in [0.4, 0.5) is 4.39 Å². The molecule has 1 unspecified atom stereocenters. The van der Waals surface area contributed by atoms with Crippen molar-refractivity contribution in [3.05, 3.63) is 71.5 Å². The van der Waals surface area contributed by atoms with Crippen LogP contribution in [0, 0.1) is 5.82 Å². The second-order valence-corrected chi connectivity index (χ2v) is 5.08. The van der Waals surface area contributed by atoms with Crippen LogP contribution < -0.4 is 11.1 Å². The van der Waals surface area contributed by atoms with Gasteiger partial charge in [-0.05, 0) is 36.6 Å². The van der Waals surface area contributed by atoms with Crippen molar-refractivity contribution in [3.63, 3.8) is 0 Å². The molecular weight excluding hydrogens is 267 g/mol. The molecule has 0 bridgehead atoms. The highest BCUT2D eigenvalue weighted by Gasteiger charge is 2.17. The van der Waals surface area contributed by atoms with Crippen molar-refractivity contribution < 1.29 is 9.18 Å². The minimum atomic E-state index is -0.622. The fourth-order valence-electron chi connectivity index (χ4n) is 2.14. The lowest BCUT2D eigenvalue weighted by Crippen LogP contribution is -2.42. The molecule has 4 heteroatoms. The normalized spacial score (nSPS) is 13.5. The Morgan fingerprint density at radius 2 is 1.90 bits per heavy atom. The molecule has 0 aliphatic rings. The van der Waals surface area contributed by atoms with E-state index in [0.717, 1.165) is 11.1 Å². The van der Waals surface area contributed by atoms with Crippen molar-refractivity contribution in [2.45, 2.75) is 25.4 Å². The van der Waals surface area contributed by atoms with E-state index >= 15 is 0 Å². The Hall–Kier alpha value is -2.20. The molecule has 3 nitrogen and oxygen atoms in total. The third-order valence-electron chi connectivity index (χ3n) is 3.34. The van der Waals surface area contributed by atoms with Gasteiger partial charge in [-0.25, -0.2) is 4.39 Å². The van der Waals surface area contributed by atoms with E-state index in [2.05, 4.69) is 5.32 Å². The Morgan fingerprint density at radius 3 is 2.57 bits per heavy atom. The quantitative estimate of drug-likeness (QED) is 0.887. The zero-order valence-corrected chi connectivity index (χ0v) is 11.9. The van der Waals surface area contributed by atoms with E-state index in [1.54, 1.807) is 12.1 Å². The molecule has 0 aliphatic heterocycles. The van der Waals surface area contributed by atoms with Crippen molar-refractivity contribution in [2.24, 2.45) is 5.73 Å². The molecule has 0 saturated carbocycles. The lowest BCUT2D eigenvalue weighted by atomic mass is 10.0. The van der Waals surface area contributed by atoms with Crippen molar-refractivity contribution in [1.29, 1.82) is 0 Å². The highest BCUT2D eigenvalue weighted by atomic mass is 19.1. The molecular formula is C17H19FN2O. The average Bonchev–Trinajstić information content (AvgIpc) is 2.48. The number of carbonyl (C=O) groups excluding carboxylic acids is 1. The van der Waals surface area contributed by atoms with E-state index in [1.165, 1.54) is 12.1 Å². The Kier molecular flexibility index (Phi) is 5.06. The van der Waals surface area contributed by atoms with E-state index in [4.69, 9.17) is 5.73 Å². The summed E-state index contributed by atoms with van der Waals surface area (Å²) in [7, 11) is 0. The number of rotatable bonds is 5. The number of nitrogens with two attached hydrogens (primary N) is 1. The monoisotopic (exact) mass is 286 g/mol. The van der Waals surface area contributed by atoms with Crippen LogP contribution in [0.5, 0.6) is 0 Å². The van der Waals surface area contributed by atoms with Crippen LogP contribution >= 0.6 is 0 Å². The maximum absolute atomic E-state index is 13.2. The van der Waals surface area contributed by atoms with E-state index in [-0.39, 0.29) is 17.8 Å². The summed E-state index contributed by atoms with van der Waals surface area (Å²) in [6.45, 7) is 1.81. The van der Waals surface area contributed by atoms with Crippen molar-refractivity contribution in [2.75, 3.05) is 0 Å². The first-order valence-electron chi connectivity index (χ1n) is 6.91. The van der Waals surface area contributed by atoms with Crippen molar-refractivity contribution >= 4 is 5.91 Å². The van der Waals surface area contributed by atoms with E-state index in [0.29, 0.717) is 6.42 Å². The maximum Gasteiger partial charge on any atom is 0.237 e. The largest absolute Gasteiger partial charge is 0.348 e. The van der Waals surface area contributed by atoms with Crippen LogP contribution in [0.3, 0.4) is 0 Å². The minimum absolute atomic E-state index is 0.240. The second-order valence-electron chi connectivity index (χ2n) is 5.08. The van der Waals surface area contributed by atoms with Gasteiger partial charge in [-0.2, -0.15) is 0 Å². The van der Waals surface area contributed by atoms with Gasteiger partial charge < -0.3 is 11.1 Å². The third kappa shape index (κ3) is 4.39. The molecule has 0 spiro atoms. The summed E-state index contributed by atoms with van der Waals surface area (Å²) in [5.41, 5.74) is 7.65. The fourth-order valence-corrected chi connectivity index (χ4v) is 2.14. The first-order chi connectivity index (χ1) is 10.1. The summed E-state index contributed by atoms with van der Waals surface area (Å²) in [6.07, 6.45) is 0.475. The summed E-state index contributed by atoms with van der Waals surface area (Å²) < 4.78 is 13.2. The number of carbonyl (C=O) groups is 1. The number of hydrogen-bond donors (Lipinski definition) is 2. The smallest absolute Gasteiger partial charge is 0.237 e. The molecule has 2 rings (SSSR count). The van der Waals surface area contributed by atoms with Gasteiger partial charge >= 0.3 is 0 Å². The molecule has 0 aromatic heterocycles. The molecule has 0 heterocycles. The molecule has 3 N–H and O–H groups in total. The van der Waals surface area contributed by atoms with Crippen LogP contribution in [-0.4, -0.2) is 11.9 Å². The molecule has 2 aromatic rings. The van der Waals surface area contributed by atoms with E-state index in [9.17, 15) is 9.18 Å². The zero-order valence-electron chi connectivity index (χ0n) is 11.9. The van der Waals surface area contributed by atoms with E-state index in [1.807, 2.05) is 37.3 Å². The van der Waals surface area contributed by atoms with Crippen LogP contribution in [0.1, 0.15) is 24.1 Å². The van der Waals surface area contributed by atoms with Gasteiger partial charge in [0.05, 0.1) is 12.1 Å². The predicted octanol–water partition coefficient (Wildman–Crippen LogP) is 2.57. The van der Waals surface area contributed by atoms with Gasteiger partial charge in [0.25, 0.3) is 0 Å². The van der Waals surface area contributed by atoms with Gasteiger partial charge in [0, 0.05) is 0 Å². The molecule has 0 fully saturated rings. The van der Waals surface area contributed by atoms with Crippen molar-refractivity contribution in [1.82, 2.24) is 5.32 Å². The van der Waals surface area contributed by atoms with Gasteiger partial charge in [-0.3, -0.25) is 4.79 Å². The van der Waals surface area contributed by atoms with Crippen molar-refractivity contribution in [3.8, 4) is 0 Å². The molecule has 21 heavy (non-hydrogen) atoms. The number of benzene rings is 2. The van der Waals surface area contributed by atoms with Gasteiger partial charge in [-0.1, -0.05) is 42.5 Å². The molecule has 0 saturated heterocycles. The van der Waals surface area contributed by atoms with Crippen LogP contribution in [0.15, 0.2) is 54.6 Å². The lowest BCUT2D eigenvalue weighted by Gasteiger charge is -2.18. The van der Waals surface area contributed by atoms with Gasteiger partial charge in [0.1, 0.15) is 5.82 Å². The summed E-state index contributed by atoms with van der Waals surface area (Å²) in [6, 6.07) is 14.9. The van der Waals surface area contributed by atoms with E-state index < -0.39 is 6.04 Å². The number of amides is 1. The van der Waals surface area contributed by atoms with Crippen LogP contribution in [-0.2, 0) is 11.2 Å². The Morgan fingerprint density at radius 1 is 1.19 bits per heavy atom. The second kappa shape index (κ2) is 6.99. The van der Waals surface area contributed by atoms with Gasteiger partial charge in [0.15, 0.2) is 0 Å². The van der Waals surface area contributed by atoms with Crippen LogP contribution in [0.25, 0.3) is 0 Å². The SMILES string of the molecule is CC(NC(=O)[C@@H](N)Cc1ccccc1)c1cccc(F)c1. The number of halogens is 1. The zero-order chi connectivity index (χ0) is 15.2. The fraction of sp³-hybridized carbons (Fsp3) is 0.235. The number of nitrogens with one attached hydrogen (secondary N) is 1. The summed E-state index contributed by atoms with van der Waals surface area (Å²) in [5, 5.41) is 2.81. The highest BCUT2D eigenvalue weighted by molar-refractivity contribution is 5.82.